The molecule has 2 rings (SSSR count). The molecule has 0 saturated carbocycles. The highest BCUT2D eigenvalue weighted by atomic mass is 35.5. The normalized spacial score (nSPS) is 27.1. The number of hydrogen-bond acceptors (Lipinski definition) is 2. The maximum Gasteiger partial charge on any atom is 0.0488 e. The van der Waals surface area contributed by atoms with Crippen molar-refractivity contribution in [3.8, 4) is 0 Å². The summed E-state index contributed by atoms with van der Waals surface area (Å²) in [5.74, 6) is 0.820. The van der Waals surface area contributed by atoms with Crippen LogP contribution in [0.3, 0.4) is 0 Å². The van der Waals surface area contributed by atoms with Gasteiger partial charge in [0.2, 0.25) is 0 Å². The molecule has 2 N–H and O–H groups in total. The van der Waals surface area contributed by atoms with E-state index in [1.54, 1.807) is 0 Å². The Balaban J connectivity index is 2.21. The van der Waals surface area contributed by atoms with E-state index in [1.807, 2.05) is 18.2 Å². The molecule has 1 aromatic rings. The van der Waals surface area contributed by atoms with Crippen LogP contribution in [0, 0.1) is 5.92 Å². The van der Waals surface area contributed by atoms with E-state index in [0.717, 1.165) is 17.5 Å². The molecule has 2 nitrogen and oxygen atoms in total. The highest BCUT2D eigenvalue weighted by molar-refractivity contribution is 6.31. The van der Waals surface area contributed by atoms with Crippen molar-refractivity contribution in [2.45, 2.75) is 38.8 Å². The Kier molecular flexibility index (Phi) is 4.66. The average molecular weight is 267 g/mol. The molecule has 100 valence electrons. The number of rotatable bonds is 3. The van der Waals surface area contributed by atoms with Gasteiger partial charge in [-0.2, -0.15) is 0 Å². The van der Waals surface area contributed by atoms with Gasteiger partial charge >= 0.3 is 0 Å². The van der Waals surface area contributed by atoms with E-state index in [4.69, 9.17) is 17.3 Å². The van der Waals surface area contributed by atoms with Crippen LogP contribution in [-0.2, 0) is 0 Å². The third kappa shape index (κ3) is 2.87. The second kappa shape index (κ2) is 6.05. The summed E-state index contributed by atoms with van der Waals surface area (Å²) in [6.07, 6.45) is 2.51. The van der Waals surface area contributed by atoms with Gasteiger partial charge in [0.15, 0.2) is 0 Å². The van der Waals surface area contributed by atoms with E-state index < -0.39 is 0 Å². The largest absolute Gasteiger partial charge is 0.329 e. The first-order chi connectivity index (χ1) is 8.63. The number of likely N-dealkylation sites (tertiary alicyclic amines) is 1. The minimum absolute atomic E-state index is 0.251. The topological polar surface area (TPSA) is 29.3 Å². The van der Waals surface area contributed by atoms with Gasteiger partial charge in [-0.3, -0.25) is 4.90 Å². The van der Waals surface area contributed by atoms with Crippen LogP contribution >= 0.6 is 11.6 Å². The number of hydrogen-bond donors (Lipinski definition) is 1. The molecule has 1 aromatic carbocycles. The zero-order valence-corrected chi connectivity index (χ0v) is 12.0. The standard InChI is InChI=1S/C15H23ClN2/c1-11-7-8-18(12(2)9-11)15(10-17)13-5-3-4-6-14(13)16/h3-6,11-12,15H,7-10,17H2,1-2H3. The van der Waals surface area contributed by atoms with Crippen molar-refractivity contribution in [1.29, 1.82) is 0 Å². The molecule has 0 amide bonds. The van der Waals surface area contributed by atoms with Crippen molar-refractivity contribution in [2.75, 3.05) is 13.1 Å². The highest BCUT2D eigenvalue weighted by Gasteiger charge is 2.29. The second-order valence-corrected chi connectivity index (χ2v) is 5.90. The fourth-order valence-corrected chi connectivity index (χ4v) is 3.34. The van der Waals surface area contributed by atoms with E-state index in [9.17, 15) is 0 Å². The Hall–Kier alpha value is -0.570. The quantitative estimate of drug-likeness (QED) is 0.908. The molecule has 1 heterocycles. The van der Waals surface area contributed by atoms with Gasteiger partial charge in [0, 0.05) is 23.7 Å². The fourth-order valence-electron chi connectivity index (χ4n) is 3.07. The molecule has 0 aliphatic carbocycles. The molecule has 1 aliphatic rings. The molecule has 1 fully saturated rings. The van der Waals surface area contributed by atoms with Gasteiger partial charge < -0.3 is 5.73 Å². The molecular formula is C15H23ClN2. The summed E-state index contributed by atoms with van der Waals surface area (Å²) in [7, 11) is 0. The van der Waals surface area contributed by atoms with Gasteiger partial charge in [-0.1, -0.05) is 36.7 Å². The average Bonchev–Trinajstić information content (AvgIpc) is 2.34. The Labute approximate surface area is 115 Å². The highest BCUT2D eigenvalue weighted by Crippen LogP contribution is 2.33. The molecule has 3 unspecified atom stereocenters. The molecule has 3 atom stereocenters. The van der Waals surface area contributed by atoms with E-state index in [0.29, 0.717) is 12.6 Å². The van der Waals surface area contributed by atoms with E-state index in [1.165, 1.54) is 18.4 Å². The molecule has 1 saturated heterocycles. The van der Waals surface area contributed by atoms with E-state index in [-0.39, 0.29) is 6.04 Å². The van der Waals surface area contributed by atoms with Gasteiger partial charge in [-0.05, 0) is 43.9 Å². The summed E-state index contributed by atoms with van der Waals surface area (Å²) in [6, 6.07) is 8.91. The number of benzene rings is 1. The van der Waals surface area contributed by atoms with Crippen molar-refractivity contribution in [3.05, 3.63) is 34.9 Å². The predicted molar refractivity (Wildman–Crippen MR) is 77.8 cm³/mol. The molecule has 0 aromatic heterocycles. The molecular weight excluding hydrogens is 244 g/mol. The Morgan fingerprint density at radius 2 is 2.11 bits per heavy atom. The minimum atomic E-state index is 0.251. The van der Waals surface area contributed by atoms with Crippen LogP contribution in [0.4, 0.5) is 0 Å². The number of halogens is 1. The summed E-state index contributed by atoms with van der Waals surface area (Å²) in [5, 5.41) is 0.832. The number of piperidine rings is 1. The third-order valence-corrected chi connectivity index (χ3v) is 4.42. The van der Waals surface area contributed by atoms with Gasteiger partial charge in [0.05, 0.1) is 0 Å². The summed E-state index contributed by atoms with van der Waals surface area (Å²) < 4.78 is 0. The lowest BCUT2D eigenvalue weighted by Gasteiger charge is -2.41. The summed E-state index contributed by atoms with van der Waals surface area (Å²) in [4.78, 5) is 2.52. The molecule has 3 heteroatoms. The van der Waals surface area contributed by atoms with Crippen LogP contribution in [0.2, 0.25) is 5.02 Å². The lowest BCUT2D eigenvalue weighted by atomic mass is 9.90. The lowest BCUT2D eigenvalue weighted by molar-refractivity contribution is 0.0848. The van der Waals surface area contributed by atoms with Crippen molar-refractivity contribution in [3.63, 3.8) is 0 Å². The first kappa shape index (κ1) is 13.9. The zero-order valence-electron chi connectivity index (χ0n) is 11.3. The maximum absolute atomic E-state index is 6.31. The zero-order chi connectivity index (χ0) is 13.1. The monoisotopic (exact) mass is 266 g/mol. The van der Waals surface area contributed by atoms with Crippen LogP contribution in [0.1, 0.15) is 38.3 Å². The third-order valence-electron chi connectivity index (χ3n) is 4.08. The SMILES string of the molecule is CC1CCN(C(CN)c2ccccc2Cl)C(C)C1. The molecule has 0 spiro atoms. The summed E-state index contributed by atoms with van der Waals surface area (Å²) >= 11 is 6.31. The van der Waals surface area contributed by atoms with Crippen LogP contribution in [-0.4, -0.2) is 24.0 Å². The second-order valence-electron chi connectivity index (χ2n) is 5.49. The first-order valence-electron chi connectivity index (χ1n) is 6.83. The van der Waals surface area contributed by atoms with E-state index in [2.05, 4.69) is 24.8 Å². The predicted octanol–water partition coefficient (Wildman–Crippen LogP) is 3.46. The van der Waals surface area contributed by atoms with Crippen LogP contribution in [0.25, 0.3) is 0 Å². The van der Waals surface area contributed by atoms with Crippen molar-refractivity contribution < 1.29 is 0 Å². The first-order valence-corrected chi connectivity index (χ1v) is 7.21. The van der Waals surface area contributed by atoms with Crippen LogP contribution < -0.4 is 5.73 Å². The van der Waals surface area contributed by atoms with Crippen molar-refractivity contribution in [2.24, 2.45) is 11.7 Å². The fraction of sp³-hybridized carbons (Fsp3) is 0.600. The van der Waals surface area contributed by atoms with E-state index >= 15 is 0 Å². The summed E-state index contributed by atoms with van der Waals surface area (Å²) in [6.45, 7) is 6.38. The van der Waals surface area contributed by atoms with Crippen LogP contribution in [0.15, 0.2) is 24.3 Å². The van der Waals surface area contributed by atoms with Gasteiger partial charge in [0.25, 0.3) is 0 Å². The molecule has 1 aliphatic heterocycles. The molecule has 0 radical (unpaired) electrons. The van der Waals surface area contributed by atoms with Gasteiger partial charge in [-0.25, -0.2) is 0 Å². The van der Waals surface area contributed by atoms with Crippen molar-refractivity contribution in [1.82, 2.24) is 4.90 Å². The van der Waals surface area contributed by atoms with Gasteiger partial charge in [-0.15, -0.1) is 0 Å². The minimum Gasteiger partial charge on any atom is -0.329 e. The summed E-state index contributed by atoms with van der Waals surface area (Å²) in [5.41, 5.74) is 7.17. The van der Waals surface area contributed by atoms with Crippen molar-refractivity contribution >= 4 is 11.6 Å². The van der Waals surface area contributed by atoms with Gasteiger partial charge in [0.1, 0.15) is 0 Å². The number of nitrogens with zero attached hydrogens (tertiary/aromatic N) is 1. The molecule has 18 heavy (non-hydrogen) atoms. The molecule has 0 bridgehead atoms. The Bertz CT molecular complexity index is 394. The maximum atomic E-state index is 6.31. The smallest absolute Gasteiger partial charge is 0.0488 e. The lowest BCUT2D eigenvalue weighted by Crippen LogP contribution is -2.45. The van der Waals surface area contributed by atoms with Crippen LogP contribution in [0.5, 0.6) is 0 Å². The Morgan fingerprint density at radius 1 is 1.39 bits per heavy atom. The Morgan fingerprint density at radius 3 is 2.72 bits per heavy atom. The number of nitrogens with two attached hydrogens (primary N) is 1.